The number of anilines is 1. The van der Waals surface area contributed by atoms with Crippen molar-refractivity contribution in [1.82, 2.24) is 25.2 Å². The van der Waals surface area contributed by atoms with Gasteiger partial charge in [0, 0.05) is 57.8 Å². The highest BCUT2D eigenvalue weighted by Gasteiger charge is 2.29. The number of aromatic nitrogens is 1. The third-order valence-electron chi connectivity index (χ3n) is 7.57. The zero-order chi connectivity index (χ0) is 35.7. The van der Waals surface area contributed by atoms with Crippen LogP contribution in [0, 0.1) is 11.6 Å². The number of likely N-dealkylation sites (N-methyl/N-ethyl adjacent to an activating group) is 1. The first-order chi connectivity index (χ1) is 23.2. The number of urea groups is 1. The zero-order valence-electron chi connectivity index (χ0n) is 27.6. The summed E-state index contributed by atoms with van der Waals surface area (Å²) < 4.78 is 43.4. The van der Waals surface area contributed by atoms with E-state index in [0.29, 0.717) is 37.3 Å². The topological polar surface area (TPSA) is 147 Å². The van der Waals surface area contributed by atoms with E-state index in [1.807, 2.05) is 0 Å². The maximum Gasteiger partial charge on any atom is 0.414 e. The summed E-state index contributed by atoms with van der Waals surface area (Å²) in [6, 6.07) is 9.96. The Morgan fingerprint density at radius 3 is 2.43 bits per heavy atom. The fourth-order valence-corrected chi connectivity index (χ4v) is 5.07. The summed E-state index contributed by atoms with van der Waals surface area (Å²) in [5.74, 6) is -1.35. The third kappa shape index (κ3) is 10.8. The quantitative estimate of drug-likeness (QED) is 0.266. The molecule has 13 nitrogen and oxygen atoms in total. The first-order valence-corrected chi connectivity index (χ1v) is 15.9. The maximum atomic E-state index is 13.9. The molecule has 2 heterocycles. The SMILES string of the molecule is CN(C(=O)NCc1cccc(F)c1Cl)[C@@H](CCC(=O)N1CCN(C(=O)OC(C)(C)C)CC1)COC(=O)Nc1cc(-c2cccc(F)c2)no1. The van der Waals surface area contributed by atoms with Gasteiger partial charge in [-0.25, -0.2) is 23.2 Å². The lowest BCUT2D eigenvalue weighted by Gasteiger charge is -2.36. The minimum atomic E-state index is -0.920. The van der Waals surface area contributed by atoms with E-state index in [-0.39, 0.29) is 48.5 Å². The van der Waals surface area contributed by atoms with Crippen LogP contribution in [0.1, 0.15) is 39.2 Å². The molecule has 1 atom stereocenters. The molecular weight excluding hydrogens is 666 g/mol. The molecule has 2 aromatic carbocycles. The minimum Gasteiger partial charge on any atom is -0.447 e. The predicted octanol–water partition coefficient (Wildman–Crippen LogP) is 5.89. The van der Waals surface area contributed by atoms with Crippen LogP contribution >= 0.6 is 11.6 Å². The van der Waals surface area contributed by atoms with Gasteiger partial charge >= 0.3 is 18.2 Å². The smallest absolute Gasteiger partial charge is 0.414 e. The first-order valence-electron chi connectivity index (χ1n) is 15.6. The number of benzene rings is 2. The lowest BCUT2D eigenvalue weighted by Crippen LogP contribution is -2.52. The number of nitrogens with one attached hydrogen (secondary N) is 2. The Morgan fingerprint density at radius 1 is 1.04 bits per heavy atom. The van der Waals surface area contributed by atoms with E-state index in [4.69, 9.17) is 25.6 Å². The molecule has 2 N–H and O–H groups in total. The molecule has 1 aliphatic heterocycles. The van der Waals surface area contributed by atoms with Crippen molar-refractivity contribution in [2.45, 2.75) is 51.8 Å². The van der Waals surface area contributed by atoms with Crippen molar-refractivity contribution in [3.8, 4) is 11.3 Å². The Kier molecular flexibility index (Phi) is 12.4. The van der Waals surface area contributed by atoms with E-state index in [1.165, 1.54) is 48.3 Å². The van der Waals surface area contributed by atoms with Gasteiger partial charge in [-0.3, -0.25) is 10.1 Å². The van der Waals surface area contributed by atoms with Crippen LogP contribution in [0.4, 0.5) is 29.0 Å². The van der Waals surface area contributed by atoms with Crippen LogP contribution in [-0.4, -0.2) is 95.5 Å². The van der Waals surface area contributed by atoms with Crippen LogP contribution in [0.3, 0.4) is 0 Å². The molecule has 1 aromatic heterocycles. The van der Waals surface area contributed by atoms with Gasteiger partial charge in [0.1, 0.15) is 29.5 Å². The summed E-state index contributed by atoms with van der Waals surface area (Å²) in [4.78, 5) is 55.8. The van der Waals surface area contributed by atoms with Gasteiger partial charge in [0.2, 0.25) is 11.8 Å². The molecule has 4 rings (SSSR count). The van der Waals surface area contributed by atoms with Crippen LogP contribution in [0.25, 0.3) is 11.3 Å². The number of ether oxygens (including phenoxy) is 2. The van der Waals surface area contributed by atoms with Gasteiger partial charge in [-0.15, -0.1) is 0 Å². The van der Waals surface area contributed by atoms with Gasteiger partial charge in [-0.2, -0.15) is 0 Å². The standard InChI is InChI=1S/C33H39ClF2N6O7/c1-33(2,3)48-32(46)42-15-13-41(14-16-42)28(43)12-11-24(40(4)30(44)37-19-22-8-6-10-25(36)29(22)34)20-47-31(45)38-27-18-26(39-49-27)21-7-5-9-23(35)17-21/h5-10,17-18,24H,11-16,19-20H2,1-4H3,(H,37,44)(H,38,45)/t24-/m0/s1. The predicted molar refractivity (Wildman–Crippen MR) is 176 cm³/mol. The Labute approximate surface area is 287 Å². The van der Waals surface area contributed by atoms with Crippen molar-refractivity contribution >= 4 is 41.6 Å². The van der Waals surface area contributed by atoms with E-state index in [1.54, 1.807) is 42.7 Å². The largest absolute Gasteiger partial charge is 0.447 e. The van der Waals surface area contributed by atoms with E-state index in [0.717, 1.165) is 0 Å². The first kappa shape index (κ1) is 36.9. The molecule has 1 aliphatic rings. The second-order valence-electron chi connectivity index (χ2n) is 12.3. The fraction of sp³-hybridized carbons (Fsp3) is 0.424. The molecule has 1 saturated heterocycles. The van der Waals surface area contributed by atoms with Gasteiger partial charge < -0.3 is 34.0 Å². The lowest BCUT2D eigenvalue weighted by atomic mass is 10.1. The molecule has 0 radical (unpaired) electrons. The summed E-state index contributed by atoms with van der Waals surface area (Å²) in [6.07, 6.45) is -1.24. The summed E-state index contributed by atoms with van der Waals surface area (Å²) >= 11 is 6.02. The number of rotatable bonds is 10. The molecule has 3 aromatic rings. The Morgan fingerprint density at radius 2 is 1.73 bits per heavy atom. The monoisotopic (exact) mass is 704 g/mol. The van der Waals surface area contributed by atoms with E-state index < -0.39 is 41.5 Å². The number of amides is 5. The summed E-state index contributed by atoms with van der Waals surface area (Å²) in [6.45, 7) is 6.18. The number of hydrogen-bond acceptors (Lipinski definition) is 8. The molecule has 0 spiro atoms. The van der Waals surface area contributed by atoms with Crippen molar-refractivity contribution in [1.29, 1.82) is 0 Å². The Bertz CT molecular complexity index is 1640. The van der Waals surface area contributed by atoms with Crippen LogP contribution in [-0.2, 0) is 20.8 Å². The molecule has 5 amide bonds. The summed E-state index contributed by atoms with van der Waals surface area (Å²) in [5, 5.41) is 8.78. The van der Waals surface area contributed by atoms with Crippen LogP contribution in [0.2, 0.25) is 5.02 Å². The second kappa shape index (κ2) is 16.5. The van der Waals surface area contributed by atoms with E-state index >= 15 is 0 Å². The molecular formula is C33H39ClF2N6O7. The molecule has 16 heteroatoms. The number of carbonyl (C=O) groups excluding carboxylic acids is 4. The van der Waals surface area contributed by atoms with Gasteiger partial charge in [-0.05, 0) is 51.0 Å². The molecule has 264 valence electrons. The average Bonchev–Trinajstić information content (AvgIpc) is 3.52. The van der Waals surface area contributed by atoms with Crippen molar-refractivity contribution in [3.05, 3.63) is 70.8 Å². The van der Waals surface area contributed by atoms with Crippen LogP contribution in [0.15, 0.2) is 53.1 Å². The Balaban J connectivity index is 1.35. The average molecular weight is 705 g/mol. The molecule has 0 unspecified atom stereocenters. The van der Waals surface area contributed by atoms with E-state index in [2.05, 4.69) is 15.8 Å². The number of piperazine rings is 1. The number of nitrogens with zero attached hydrogens (tertiary/aromatic N) is 4. The van der Waals surface area contributed by atoms with Gasteiger partial charge in [-0.1, -0.05) is 41.0 Å². The van der Waals surface area contributed by atoms with E-state index in [9.17, 15) is 28.0 Å². The lowest BCUT2D eigenvalue weighted by molar-refractivity contribution is -0.133. The zero-order valence-corrected chi connectivity index (χ0v) is 28.4. The van der Waals surface area contributed by atoms with Gasteiger partial charge in [0.05, 0.1) is 11.1 Å². The molecule has 49 heavy (non-hydrogen) atoms. The summed E-state index contributed by atoms with van der Waals surface area (Å²) in [5.41, 5.74) is 0.447. The molecule has 0 saturated carbocycles. The number of hydrogen-bond donors (Lipinski definition) is 2. The van der Waals surface area contributed by atoms with Crippen molar-refractivity contribution in [2.75, 3.05) is 45.2 Å². The molecule has 0 aliphatic carbocycles. The Hall–Kier alpha value is -4.92. The van der Waals surface area contributed by atoms with Crippen molar-refractivity contribution in [3.63, 3.8) is 0 Å². The highest BCUT2D eigenvalue weighted by molar-refractivity contribution is 6.31. The van der Waals surface area contributed by atoms with Crippen LogP contribution in [0.5, 0.6) is 0 Å². The molecule has 1 fully saturated rings. The normalized spacial score (nSPS) is 13.8. The fourth-order valence-electron chi connectivity index (χ4n) is 4.87. The molecule has 0 bridgehead atoms. The highest BCUT2D eigenvalue weighted by Crippen LogP contribution is 2.23. The highest BCUT2D eigenvalue weighted by atomic mass is 35.5. The van der Waals surface area contributed by atoms with Crippen molar-refractivity contribution in [2.24, 2.45) is 0 Å². The summed E-state index contributed by atoms with van der Waals surface area (Å²) in [7, 11) is 1.47. The van der Waals surface area contributed by atoms with Crippen molar-refractivity contribution < 1.29 is 42.0 Å². The van der Waals surface area contributed by atoms with Gasteiger partial charge in [0.25, 0.3) is 0 Å². The number of halogens is 3. The van der Waals surface area contributed by atoms with Gasteiger partial charge in [0.15, 0.2) is 0 Å². The second-order valence-corrected chi connectivity index (χ2v) is 12.7. The van der Waals surface area contributed by atoms with Crippen LogP contribution < -0.4 is 10.6 Å². The third-order valence-corrected chi connectivity index (χ3v) is 7.99. The minimum absolute atomic E-state index is 0.00846. The number of carbonyl (C=O) groups is 4. The maximum absolute atomic E-state index is 13.9.